The molecule has 0 aromatic rings. The molecule has 146 valence electrons. The molecule has 3 N–H and O–H groups in total. The van der Waals surface area contributed by atoms with Crippen molar-refractivity contribution in [3.05, 3.63) is 0 Å². The molecule has 0 atom stereocenters. The Bertz CT molecular complexity index is 376. The van der Waals surface area contributed by atoms with E-state index in [4.69, 9.17) is 34.5 Å². The van der Waals surface area contributed by atoms with Crippen LogP contribution in [0.5, 0.6) is 0 Å². The molecule has 0 aromatic carbocycles. The molecule has 0 aliphatic carbocycles. The first-order valence-electron chi connectivity index (χ1n) is 8.00. The van der Waals surface area contributed by atoms with Gasteiger partial charge in [-0.05, 0) is 0 Å². The molecule has 0 heterocycles. The smallest absolute Gasteiger partial charge is 0.372 e. The zero-order chi connectivity index (χ0) is 18.8. The Labute approximate surface area is 146 Å². The molecule has 0 bridgehead atoms. The number of ketones is 1. The molecule has 0 spiro atoms. The first-order valence-corrected chi connectivity index (χ1v) is 8.00. The number of aliphatic carboxylic acids is 1. The summed E-state index contributed by atoms with van der Waals surface area (Å²) in [5, 5.41) is 8.35. The van der Waals surface area contributed by atoms with Gasteiger partial charge in [0.25, 0.3) is 0 Å². The van der Waals surface area contributed by atoms with E-state index in [-0.39, 0.29) is 26.1 Å². The van der Waals surface area contributed by atoms with Gasteiger partial charge >= 0.3 is 11.9 Å². The topological polar surface area (TPSA) is 144 Å². The molecule has 10 heteroatoms. The van der Waals surface area contributed by atoms with Gasteiger partial charge in [0.15, 0.2) is 0 Å². The van der Waals surface area contributed by atoms with E-state index in [0.29, 0.717) is 52.8 Å². The van der Waals surface area contributed by atoms with E-state index in [1.54, 1.807) is 0 Å². The van der Waals surface area contributed by atoms with E-state index >= 15 is 0 Å². The van der Waals surface area contributed by atoms with Crippen molar-refractivity contribution in [2.24, 2.45) is 5.73 Å². The summed E-state index contributed by atoms with van der Waals surface area (Å²) in [4.78, 5) is 32.3. The maximum atomic E-state index is 11.2. The van der Waals surface area contributed by atoms with Crippen molar-refractivity contribution >= 4 is 17.7 Å². The molecule has 0 rings (SSSR count). The number of rotatable bonds is 18. The summed E-state index contributed by atoms with van der Waals surface area (Å²) in [7, 11) is 0. The number of hydrogen-bond acceptors (Lipinski definition) is 9. The second-order valence-corrected chi connectivity index (χ2v) is 4.69. The number of esters is 1. The lowest BCUT2D eigenvalue weighted by atomic mass is 10.2. The van der Waals surface area contributed by atoms with Crippen molar-refractivity contribution in [1.82, 2.24) is 0 Å². The molecular formula is C15H27NO9. The zero-order valence-electron chi connectivity index (χ0n) is 14.3. The van der Waals surface area contributed by atoms with E-state index in [1.165, 1.54) is 0 Å². The van der Waals surface area contributed by atoms with Gasteiger partial charge in [-0.1, -0.05) is 0 Å². The van der Waals surface area contributed by atoms with E-state index in [1.807, 2.05) is 0 Å². The first-order chi connectivity index (χ1) is 12.1. The van der Waals surface area contributed by atoms with Crippen LogP contribution in [0.3, 0.4) is 0 Å². The highest BCUT2D eigenvalue weighted by Gasteiger charge is 2.13. The van der Waals surface area contributed by atoms with Gasteiger partial charge in [-0.3, -0.25) is 9.59 Å². The number of ether oxygens (including phenoxy) is 5. The number of carboxylic acids is 1. The number of nitrogens with two attached hydrogens (primary N) is 1. The second kappa shape index (κ2) is 17.2. The van der Waals surface area contributed by atoms with E-state index in [9.17, 15) is 14.4 Å². The van der Waals surface area contributed by atoms with Crippen LogP contribution in [-0.4, -0.2) is 88.8 Å². The van der Waals surface area contributed by atoms with Gasteiger partial charge in [-0.15, -0.1) is 0 Å². The molecule has 25 heavy (non-hydrogen) atoms. The Morgan fingerprint density at radius 3 is 1.56 bits per heavy atom. The summed E-state index contributed by atoms with van der Waals surface area (Å²) in [6.45, 7) is 3.85. The maximum absolute atomic E-state index is 11.2. The van der Waals surface area contributed by atoms with Crippen LogP contribution in [-0.2, 0) is 38.1 Å². The van der Waals surface area contributed by atoms with Crippen LogP contribution >= 0.6 is 0 Å². The molecule has 0 amide bonds. The van der Waals surface area contributed by atoms with Crippen LogP contribution in [0.15, 0.2) is 0 Å². The minimum Gasteiger partial charge on any atom is -0.476 e. The van der Waals surface area contributed by atoms with Gasteiger partial charge in [-0.25, -0.2) is 4.79 Å². The van der Waals surface area contributed by atoms with Crippen LogP contribution in [0, 0.1) is 0 Å². The average Bonchev–Trinajstić information content (AvgIpc) is 2.59. The monoisotopic (exact) mass is 365 g/mol. The van der Waals surface area contributed by atoms with Gasteiger partial charge in [0, 0.05) is 13.0 Å². The van der Waals surface area contributed by atoms with Crippen molar-refractivity contribution in [3.8, 4) is 0 Å². The van der Waals surface area contributed by atoms with Gasteiger partial charge in [0.1, 0.15) is 6.61 Å². The van der Waals surface area contributed by atoms with E-state index in [2.05, 4.69) is 0 Å². The lowest BCUT2D eigenvalue weighted by molar-refractivity contribution is -0.151. The average molecular weight is 365 g/mol. The number of carbonyl (C=O) groups is 3. The summed E-state index contributed by atoms with van der Waals surface area (Å²) in [6, 6.07) is 0. The Morgan fingerprint density at radius 1 is 0.680 bits per heavy atom. The van der Waals surface area contributed by atoms with Crippen molar-refractivity contribution < 1.29 is 43.2 Å². The first kappa shape index (κ1) is 23.4. The van der Waals surface area contributed by atoms with Crippen LogP contribution in [0.25, 0.3) is 0 Å². The Balaban J connectivity index is 3.22. The molecule has 0 fully saturated rings. The van der Waals surface area contributed by atoms with E-state index in [0.717, 1.165) is 0 Å². The second-order valence-electron chi connectivity index (χ2n) is 4.69. The third-order valence-corrected chi connectivity index (χ3v) is 2.66. The van der Waals surface area contributed by atoms with Gasteiger partial charge < -0.3 is 34.5 Å². The summed E-state index contributed by atoms with van der Waals surface area (Å²) in [6.07, 6.45) is -0.629. The number of Topliss-reactive ketones (excluding diaryl/α,β-unsaturated/α-hetero) is 1. The van der Waals surface area contributed by atoms with Crippen LogP contribution in [0.2, 0.25) is 0 Å². The summed E-state index contributed by atoms with van der Waals surface area (Å²) < 4.78 is 25.6. The largest absolute Gasteiger partial charge is 0.476 e. The molecule has 0 unspecified atom stereocenters. The summed E-state index contributed by atoms with van der Waals surface area (Å²) >= 11 is 0. The van der Waals surface area contributed by atoms with Crippen molar-refractivity contribution in [3.63, 3.8) is 0 Å². The predicted molar refractivity (Wildman–Crippen MR) is 85.2 cm³/mol. The molecule has 0 aromatic heterocycles. The fraction of sp³-hybridized carbons (Fsp3) is 0.800. The molecule has 0 saturated carbocycles. The molecular weight excluding hydrogens is 338 g/mol. The van der Waals surface area contributed by atoms with Crippen LogP contribution in [0.1, 0.15) is 12.8 Å². The fourth-order valence-corrected chi connectivity index (χ4v) is 1.45. The van der Waals surface area contributed by atoms with Gasteiger partial charge in [0.2, 0.25) is 5.78 Å². The maximum Gasteiger partial charge on any atom is 0.372 e. The third-order valence-electron chi connectivity index (χ3n) is 2.66. The van der Waals surface area contributed by atoms with Gasteiger partial charge in [-0.2, -0.15) is 0 Å². The van der Waals surface area contributed by atoms with E-state index < -0.39 is 17.7 Å². The summed E-state index contributed by atoms with van der Waals surface area (Å²) in [5.74, 6) is -3.21. The minimum absolute atomic E-state index is 0.0337. The number of carbonyl (C=O) groups excluding carboxylic acids is 2. The molecule has 0 radical (unpaired) electrons. The highest BCUT2D eigenvalue weighted by atomic mass is 16.6. The van der Waals surface area contributed by atoms with Crippen LogP contribution in [0.4, 0.5) is 0 Å². The zero-order valence-corrected chi connectivity index (χ0v) is 14.3. The summed E-state index contributed by atoms with van der Waals surface area (Å²) in [5.41, 5.74) is 5.26. The highest BCUT2D eigenvalue weighted by Crippen LogP contribution is 1.95. The fourth-order valence-electron chi connectivity index (χ4n) is 1.45. The normalized spacial score (nSPS) is 10.6. The standard InChI is InChI=1S/C15H27NO9/c16-3-4-21-5-6-22-7-8-23-9-10-24-11-12-25-14(18)2-1-13(17)15(19)20/h1-12,16H2,(H,19,20). The van der Waals surface area contributed by atoms with Gasteiger partial charge in [0.05, 0.1) is 59.3 Å². The Kier molecular flexibility index (Phi) is 16.1. The van der Waals surface area contributed by atoms with Crippen molar-refractivity contribution in [2.75, 3.05) is 66.0 Å². The minimum atomic E-state index is -1.55. The predicted octanol–water partition coefficient (Wildman–Crippen LogP) is -1.01. The molecule has 10 nitrogen and oxygen atoms in total. The SMILES string of the molecule is NCCOCCOCCOCCOCCOC(=O)CCC(=O)C(=O)O. The lowest BCUT2D eigenvalue weighted by Gasteiger charge is -2.07. The molecule has 0 aliphatic rings. The molecule has 0 saturated heterocycles. The van der Waals surface area contributed by atoms with Crippen molar-refractivity contribution in [2.45, 2.75) is 12.8 Å². The third kappa shape index (κ3) is 17.0. The molecule has 0 aliphatic heterocycles. The lowest BCUT2D eigenvalue weighted by Crippen LogP contribution is -2.17. The Hall–Kier alpha value is -1.59. The number of carboxylic acid groups (broad SMARTS) is 1. The number of hydrogen-bond donors (Lipinski definition) is 2. The highest BCUT2D eigenvalue weighted by molar-refractivity contribution is 6.32. The Morgan fingerprint density at radius 2 is 1.12 bits per heavy atom. The van der Waals surface area contributed by atoms with Crippen molar-refractivity contribution in [1.29, 1.82) is 0 Å². The van der Waals surface area contributed by atoms with Crippen LogP contribution < -0.4 is 5.73 Å². The quantitative estimate of drug-likeness (QED) is 0.176.